The van der Waals surface area contributed by atoms with Crippen molar-refractivity contribution in [3.63, 3.8) is 0 Å². The fraction of sp³-hybridized carbons (Fsp3) is 0.625. The smallest absolute Gasteiger partial charge is 0.289 e. The van der Waals surface area contributed by atoms with Gasteiger partial charge in [0.25, 0.3) is 5.91 Å². The molecule has 0 aromatic carbocycles. The van der Waals surface area contributed by atoms with Gasteiger partial charge in [0, 0.05) is 13.2 Å². The van der Waals surface area contributed by atoms with Crippen LogP contribution < -0.4 is 5.32 Å². The molecule has 0 atom stereocenters. The molecule has 0 spiro atoms. The van der Waals surface area contributed by atoms with Gasteiger partial charge in [0.05, 0.1) is 0 Å². The summed E-state index contributed by atoms with van der Waals surface area (Å²) in [5.41, 5.74) is 0. The van der Waals surface area contributed by atoms with E-state index in [4.69, 9.17) is 14.6 Å². The second-order valence-electron chi connectivity index (χ2n) is 2.53. The molecule has 0 unspecified atom stereocenters. The van der Waals surface area contributed by atoms with Crippen molar-refractivity contribution in [3.05, 3.63) is 12.0 Å². The van der Waals surface area contributed by atoms with Crippen molar-refractivity contribution in [2.45, 2.75) is 6.42 Å². The van der Waals surface area contributed by atoms with E-state index in [9.17, 15) is 4.79 Å². The summed E-state index contributed by atoms with van der Waals surface area (Å²) >= 11 is 0. The number of amides is 1. The number of hydrogen-bond acceptors (Lipinski definition) is 4. The van der Waals surface area contributed by atoms with Crippen LogP contribution in [0.3, 0.4) is 0 Å². The van der Waals surface area contributed by atoms with Gasteiger partial charge < -0.3 is 19.9 Å². The van der Waals surface area contributed by atoms with Crippen molar-refractivity contribution in [2.24, 2.45) is 0 Å². The van der Waals surface area contributed by atoms with Crippen LogP contribution in [-0.4, -0.2) is 37.4 Å². The van der Waals surface area contributed by atoms with Gasteiger partial charge in [-0.1, -0.05) is 0 Å². The van der Waals surface area contributed by atoms with E-state index in [1.54, 1.807) is 0 Å². The summed E-state index contributed by atoms with van der Waals surface area (Å²) in [5, 5.41) is 11.0. The predicted octanol–water partition coefficient (Wildman–Crippen LogP) is -0.627. The first-order valence-electron chi connectivity index (χ1n) is 4.18. The van der Waals surface area contributed by atoms with E-state index in [1.165, 1.54) is 6.26 Å². The molecule has 13 heavy (non-hydrogen) atoms. The highest BCUT2D eigenvalue weighted by atomic mass is 16.6. The van der Waals surface area contributed by atoms with Crippen LogP contribution in [0, 0.1) is 0 Å². The minimum Gasteiger partial charge on any atom is -0.494 e. The van der Waals surface area contributed by atoms with Crippen LogP contribution in [0.4, 0.5) is 0 Å². The van der Waals surface area contributed by atoms with Crippen LogP contribution in [0.5, 0.6) is 0 Å². The summed E-state index contributed by atoms with van der Waals surface area (Å²) < 4.78 is 9.94. The Morgan fingerprint density at radius 1 is 1.62 bits per heavy atom. The number of carbonyl (C=O) groups is 1. The summed E-state index contributed by atoms with van der Waals surface area (Å²) in [4.78, 5) is 11.2. The highest BCUT2D eigenvalue weighted by molar-refractivity contribution is 5.91. The lowest BCUT2D eigenvalue weighted by Gasteiger charge is -2.14. The number of ether oxygens (including phenoxy) is 2. The quantitative estimate of drug-likeness (QED) is 0.575. The molecule has 0 aromatic rings. The van der Waals surface area contributed by atoms with E-state index in [-0.39, 0.29) is 18.3 Å². The average molecular weight is 187 g/mol. The number of aliphatic hydroxyl groups is 1. The number of nitrogens with one attached hydrogen (secondary N) is 1. The number of carbonyl (C=O) groups excluding carboxylic acids is 1. The molecule has 1 amide bonds. The van der Waals surface area contributed by atoms with E-state index in [0.29, 0.717) is 26.2 Å². The molecular formula is C8H13NO4. The zero-order valence-electron chi connectivity index (χ0n) is 7.28. The van der Waals surface area contributed by atoms with E-state index >= 15 is 0 Å². The molecule has 0 bridgehead atoms. The predicted molar refractivity (Wildman–Crippen MR) is 44.7 cm³/mol. The fourth-order valence-electron chi connectivity index (χ4n) is 0.856. The third-order valence-electron chi connectivity index (χ3n) is 1.49. The summed E-state index contributed by atoms with van der Waals surface area (Å²) in [6.45, 7) is 1.39. The first-order chi connectivity index (χ1) is 6.34. The lowest BCUT2D eigenvalue weighted by Crippen LogP contribution is -2.29. The Balaban J connectivity index is 2.25. The van der Waals surface area contributed by atoms with Crippen molar-refractivity contribution < 1.29 is 19.4 Å². The molecule has 1 heterocycles. The fourth-order valence-corrected chi connectivity index (χ4v) is 0.856. The van der Waals surface area contributed by atoms with Crippen molar-refractivity contribution in [2.75, 3.05) is 26.4 Å². The minimum atomic E-state index is -0.298. The number of rotatable bonds is 4. The van der Waals surface area contributed by atoms with Gasteiger partial charge in [0.15, 0.2) is 0 Å². The second-order valence-corrected chi connectivity index (χ2v) is 2.53. The standard InChI is InChI=1S/C8H13NO4/c10-3-1-2-9-8(11)7-6-12-4-5-13-7/h6,10H,1-5H2,(H,9,11). The van der Waals surface area contributed by atoms with Crippen molar-refractivity contribution in [1.29, 1.82) is 0 Å². The average Bonchev–Trinajstić information content (AvgIpc) is 2.19. The monoisotopic (exact) mass is 187 g/mol. The van der Waals surface area contributed by atoms with Gasteiger partial charge in [0.2, 0.25) is 5.76 Å². The molecule has 0 saturated heterocycles. The van der Waals surface area contributed by atoms with Gasteiger partial charge in [0.1, 0.15) is 19.5 Å². The Hall–Kier alpha value is -1.23. The molecule has 2 N–H and O–H groups in total. The highest BCUT2D eigenvalue weighted by Gasteiger charge is 2.13. The maximum Gasteiger partial charge on any atom is 0.289 e. The van der Waals surface area contributed by atoms with Gasteiger partial charge in [-0.25, -0.2) is 0 Å². The lowest BCUT2D eigenvalue weighted by molar-refractivity contribution is -0.122. The zero-order chi connectivity index (χ0) is 9.52. The summed E-state index contributed by atoms with van der Waals surface area (Å²) in [5.74, 6) is -0.0997. The van der Waals surface area contributed by atoms with Crippen LogP contribution in [0.25, 0.3) is 0 Å². The number of hydrogen-bond donors (Lipinski definition) is 2. The Labute approximate surface area is 76.3 Å². The van der Waals surface area contributed by atoms with Crippen molar-refractivity contribution >= 4 is 5.91 Å². The molecule has 0 fully saturated rings. The maximum atomic E-state index is 11.2. The molecule has 0 radical (unpaired) electrons. The first-order valence-corrected chi connectivity index (χ1v) is 4.18. The summed E-state index contributed by atoms with van der Waals surface area (Å²) in [6, 6.07) is 0. The molecule has 0 saturated carbocycles. The van der Waals surface area contributed by atoms with Crippen LogP contribution in [0.15, 0.2) is 12.0 Å². The summed E-state index contributed by atoms with van der Waals surface area (Å²) in [6.07, 6.45) is 1.84. The van der Waals surface area contributed by atoms with Crippen LogP contribution in [-0.2, 0) is 14.3 Å². The molecule has 1 aliphatic heterocycles. The SMILES string of the molecule is O=C(NCCCO)C1=COCCO1. The lowest BCUT2D eigenvalue weighted by atomic mass is 10.4. The Morgan fingerprint density at radius 2 is 2.46 bits per heavy atom. The molecule has 0 aromatic heterocycles. The second kappa shape index (κ2) is 5.42. The third kappa shape index (κ3) is 3.33. The first kappa shape index (κ1) is 9.85. The molecule has 1 aliphatic rings. The molecule has 1 rings (SSSR count). The van der Waals surface area contributed by atoms with Gasteiger partial charge in [-0.05, 0) is 6.42 Å². The molecule has 5 nitrogen and oxygen atoms in total. The van der Waals surface area contributed by atoms with E-state index in [2.05, 4.69) is 5.32 Å². The van der Waals surface area contributed by atoms with Crippen molar-refractivity contribution in [3.8, 4) is 0 Å². The van der Waals surface area contributed by atoms with Gasteiger partial charge in [-0.15, -0.1) is 0 Å². The topological polar surface area (TPSA) is 67.8 Å². The zero-order valence-corrected chi connectivity index (χ0v) is 7.28. The summed E-state index contributed by atoms with van der Waals surface area (Å²) in [7, 11) is 0. The Morgan fingerprint density at radius 3 is 3.08 bits per heavy atom. The maximum absolute atomic E-state index is 11.2. The Kier molecular flexibility index (Phi) is 4.11. The molecule has 74 valence electrons. The van der Waals surface area contributed by atoms with E-state index < -0.39 is 0 Å². The minimum absolute atomic E-state index is 0.0662. The van der Waals surface area contributed by atoms with Crippen LogP contribution in [0.2, 0.25) is 0 Å². The normalized spacial score (nSPS) is 15.3. The largest absolute Gasteiger partial charge is 0.494 e. The van der Waals surface area contributed by atoms with Gasteiger partial charge in [-0.3, -0.25) is 4.79 Å². The third-order valence-corrected chi connectivity index (χ3v) is 1.49. The van der Waals surface area contributed by atoms with Gasteiger partial charge in [-0.2, -0.15) is 0 Å². The highest BCUT2D eigenvalue weighted by Crippen LogP contribution is 2.03. The number of aliphatic hydroxyl groups excluding tert-OH is 1. The Bertz CT molecular complexity index is 202. The van der Waals surface area contributed by atoms with Gasteiger partial charge >= 0.3 is 0 Å². The molecule has 0 aliphatic carbocycles. The van der Waals surface area contributed by atoms with E-state index in [1.807, 2.05) is 0 Å². The van der Waals surface area contributed by atoms with Crippen molar-refractivity contribution in [1.82, 2.24) is 5.32 Å². The van der Waals surface area contributed by atoms with E-state index in [0.717, 1.165) is 0 Å². The molecular weight excluding hydrogens is 174 g/mol. The molecule has 5 heteroatoms. The van der Waals surface area contributed by atoms with Crippen LogP contribution in [0.1, 0.15) is 6.42 Å². The van der Waals surface area contributed by atoms with Crippen LogP contribution >= 0.6 is 0 Å².